The molecule has 2 N–H and O–H groups in total. The van der Waals surface area contributed by atoms with E-state index in [9.17, 15) is 0 Å². The van der Waals surface area contributed by atoms with Gasteiger partial charge in [-0.15, -0.1) is 0 Å². The highest BCUT2D eigenvalue weighted by Crippen LogP contribution is 2.29. The topological polar surface area (TPSA) is 48.1 Å². The molecule has 0 bridgehead atoms. The van der Waals surface area contributed by atoms with Crippen LogP contribution in [-0.4, -0.2) is 11.1 Å². The van der Waals surface area contributed by atoms with Crippen molar-refractivity contribution in [2.45, 2.75) is 58.6 Å². The van der Waals surface area contributed by atoms with Crippen molar-refractivity contribution >= 4 is 10.9 Å². The van der Waals surface area contributed by atoms with Crippen LogP contribution in [0.3, 0.4) is 0 Å². The summed E-state index contributed by atoms with van der Waals surface area (Å²) in [6, 6.07) is 8.08. The van der Waals surface area contributed by atoms with E-state index in [4.69, 9.17) is 10.5 Å². The lowest BCUT2D eigenvalue weighted by molar-refractivity contribution is 0.207. The second kappa shape index (κ2) is 7.99. The van der Waals surface area contributed by atoms with Gasteiger partial charge in [0.25, 0.3) is 0 Å². The van der Waals surface area contributed by atoms with Gasteiger partial charge in [-0.2, -0.15) is 0 Å². The molecule has 0 amide bonds. The van der Waals surface area contributed by atoms with Gasteiger partial charge in [0.2, 0.25) is 0 Å². The second-order valence-corrected chi connectivity index (χ2v) is 5.61. The van der Waals surface area contributed by atoms with E-state index in [0.29, 0.717) is 6.54 Å². The van der Waals surface area contributed by atoms with Crippen molar-refractivity contribution in [3.63, 3.8) is 0 Å². The zero-order valence-electron chi connectivity index (χ0n) is 13.1. The maximum atomic E-state index is 6.21. The van der Waals surface area contributed by atoms with Gasteiger partial charge in [-0.1, -0.05) is 38.3 Å². The minimum Gasteiger partial charge on any atom is -0.490 e. The number of pyridine rings is 1. The Morgan fingerprint density at radius 1 is 1.19 bits per heavy atom. The lowest BCUT2D eigenvalue weighted by atomic mass is 10.1. The number of fused-ring (bicyclic) bond motifs is 1. The number of hydrogen-bond acceptors (Lipinski definition) is 3. The number of ether oxygens (including phenoxy) is 1. The van der Waals surface area contributed by atoms with E-state index < -0.39 is 0 Å². The monoisotopic (exact) mass is 286 g/mol. The number of unbranched alkanes of at least 4 members (excludes halogenated alkanes) is 3. The van der Waals surface area contributed by atoms with Crippen molar-refractivity contribution in [1.29, 1.82) is 0 Å². The van der Waals surface area contributed by atoms with Crippen LogP contribution in [0.25, 0.3) is 10.9 Å². The van der Waals surface area contributed by atoms with E-state index in [1.807, 2.05) is 24.4 Å². The third kappa shape index (κ3) is 4.18. The first-order valence-electron chi connectivity index (χ1n) is 7.99. The first-order chi connectivity index (χ1) is 10.3. The molecule has 21 heavy (non-hydrogen) atoms. The van der Waals surface area contributed by atoms with Crippen LogP contribution < -0.4 is 10.5 Å². The molecule has 2 rings (SSSR count). The van der Waals surface area contributed by atoms with Crippen molar-refractivity contribution < 1.29 is 4.74 Å². The van der Waals surface area contributed by atoms with Crippen LogP contribution in [-0.2, 0) is 6.54 Å². The quantitative estimate of drug-likeness (QED) is 0.730. The Bertz CT molecular complexity index is 568. The maximum absolute atomic E-state index is 6.21. The average Bonchev–Trinajstić information content (AvgIpc) is 2.52. The molecule has 2 aromatic rings. The molecule has 0 radical (unpaired) electrons. The number of rotatable bonds is 8. The molecule has 0 spiro atoms. The average molecular weight is 286 g/mol. The van der Waals surface area contributed by atoms with Crippen LogP contribution >= 0.6 is 0 Å². The summed E-state index contributed by atoms with van der Waals surface area (Å²) >= 11 is 0. The standard InChI is InChI=1S/C18H26N2O/c1-3-4-5-6-9-14(2)21-18-15(12-19)13-20-17-11-8-7-10-16(17)18/h7-8,10-11,13-14H,3-6,9,12,19H2,1-2H3. The minimum absolute atomic E-state index is 0.206. The Kier molecular flexibility index (Phi) is 6.00. The smallest absolute Gasteiger partial charge is 0.135 e. The summed E-state index contributed by atoms with van der Waals surface area (Å²) in [4.78, 5) is 4.45. The zero-order valence-corrected chi connectivity index (χ0v) is 13.1. The Hall–Kier alpha value is -1.61. The molecule has 0 aliphatic rings. The van der Waals surface area contributed by atoms with Crippen molar-refractivity contribution in [2.75, 3.05) is 0 Å². The first-order valence-corrected chi connectivity index (χ1v) is 7.99. The molecule has 1 aromatic heterocycles. The van der Waals surface area contributed by atoms with E-state index in [1.165, 1.54) is 25.7 Å². The van der Waals surface area contributed by atoms with Crippen LogP contribution in [0.2, 0.25) is 0 Å². The third-order valence-corrected chi connectivity index (χ3v) is 3.80. The predicted molar refractivity (Wildman–Crippen MR) is 88.5 cm³/mol. The summed E-state index contributed by atoms with van der Waals surface area (Å²) in [7, 11) is 0. The summed E-state index contributed by atoms with van der Waals surface area (Å²) in [5, 5.41) is 1.06. The van der Waals surface area contributed by atoms with Crippen LogP contribution in [0.15, 0.2) is 30.5 Å². The molecule has 1 atom stereocenters. The summed E-state index contributed by atoms with van der Waals surface area (Å²) in [5.41, 5.74) is 7.78. The lowest BCUT2D eigenvalue weighted by Gasteiger charge is -2.18. The van der Waals surface area contributed by atoms with E-state index >= 15 is 0 Å². The molecule has 0 saturated carbocycles. The fraction of sp³-hybridized carbons (Fsp3) is 0.500. The summed E-state index contributed by atoms with van der Waals surface area (Å²) < 4.78 is 6.21. The van der Waals surface area contributed by atoms with Gasteiger partial charge >= 0.3 is 0 Å². The Labute approximate surface area is 127 Å². The number of benzene rings is 1. The third-order valence-electron chi connectivity index (χ3n) is 3.80. The molecule has 0 aliphatic heterocycles. The SMILES string of the molecule is CCCCCCC(C)Oc1c(CN)cnc2ccccc12. The number of nitrogens with two attached hydrogens (primary N) is 1. The van der Waals surface area contributed by atoms with Crippen LogP contribution in [0, 0.1) is 0 Å². The summed E-state index contributed by atoms with van der Waals surface area (Å²) in [5.74, 6) is 0.908. The number of nitrogens with zero attached hydrogens (tertiary/aromatic N) is 1. The molecular weight excluding hydrogens is 260 g/mol. The summed E-state index contributed by atoms with van der Waals surface area (Å²) in [6.45, 7) is 4.83. The van der Waals surface area contributed by atoms with Crippen LogP contribution in [0.5, 0.6) is 5.75 Å². The number of aromatic nitrogens is 1. The normalized spacial score (nSPS) is 12.5. The van der Waals surface area contributed by atoms with Crippen LogP contribution in [0.4, 0.5) is 0 Å². The van der Waals surface area contributed by atoms with Gasteiger partial charge in [0.15, 0.2) is 0 Å². The zero-order chi connectivity index (χ0) is 15.1. The van der Waals surface area contributed by atoms with Crippen molar-refractivity contribution in [3.05, 3.63) is 36.0 Å². The minimum atomic E-state index is 0.206. The predicted octanol–water partition coefficient (Wildman–Crippen LogP) is 4.43. The molecule has 1 heterocycles. The molecule has 1 unspecified atom stereocenters. The maximum Gasteiger partial charge on any atom is 0.135 e. The highest BCUT2D eigenvalue weighted by molar-refractivity contribution is 5.86. The van der Waals surface area contributed by atoms with Crippen molar-refractivity contribution in [3.8, 4) is 5.75 Å². The van der Waals surface area contributed by atoms with Gasteiger partial charge in [0, 0.05) is 23.7 Å². The molecule has 114 valence electrons. The molecule has 3 nitrogen and oxygen atoms in total. The second-order valence-electron chi connectivity index (χ2n) is 5.61. The van der Waals surface area contributed by atoms with Crippen LogP contribution in [0.1, 0.15) is 51.5 Å². The first kappa shape index (κ1) is 15.8. The van der Waals surface area contributed by atoms with E-state index in [0.717, 1.165) is 28.6 Å². The number of para-hydroxylation sites is 1. The lowest BCUT2D eigenvalue weighted by Crippen LogP contribution is -2.14. The largest absolute Gasteiger partial charge is 0.490 e. The van der Waals surface area contributed by atoms with Gasteiger partial charge in [0.1, 0.15) is 5.75 Å². The van der Waals surface area contributed by atoms with E-state index in [2.05, 4.69) is 24.9 Å². The molecule has 1 aromatic carbocycles. The highest BCUT2D eigenvalue weighted by atomic mass is 16.5. The molecule has 3 heteroatoms. The summed E-state index contributed by atoms with van der Waals surface area (Å²) in [6.07, 6.45) is 8.20. The fourth-order valence-electron chi connectivity index (χ4n) is 2.56. The molecular formula is C18H26N2O. The molecule has 0 saturated heterocycles. The van der Waals surface area contributed by atoms with Gasteiger partial charge in [0.05, 0.1) is 11.6 Å². The Morgan fingerprint density at radius 2 is 2.00 bits per heavy atom. The van der Waals surface area contributed by atoms with Gasteiger partial charge in [-0.05, 0) is 31.9 Å². The van der Waals surface area contributed by atoms with E-state index in [-0.39, 0.29) is 6.10 Å². The Morgan fingerprint density at radius 3 is 2.76 bits per heavy atom. The van der Waals surface area contributed by atoms with E-state index in [1.54, 1.807) is 0 Å². The van der Waals surface area contributed by atoms with Gasteiger partial charge in [-0.3, -0.25) is 4.98 Å². The van der Waals surface area contributed by atoms with Crippen molar-refractivity contribution in [1.82, 2.24) is 4.98 Å². The molecule has 0 aliphatic carbocycles. The van der Waals surface area contributed by atoms with Gasteiger partial charge in [-0.25, -0.2) is 0 Å². The van der Waals surface area contributed by atoms with Gasteiger partial charge < -0.3 is 10.5 Å². The molecule has 0 fully saturated rings. The number of hydrogen-bond donors (Lipinski definition) is 1. The Balaban J connectivity index is 2.12. The highest BCUT2D eigenvalue weighted by Gasteiger charge is 2.12. The van der Waals surface area contributed by atoms with Crippen molar-refractivity contribution in [2.24, 2.45) is 5.73 Å². The fourth-order valence-corrected chi connectivity index (χ4v) is 2.56.